The van der Waals surface area contributed by atoms with Crippen LogP contribution in [0.5, 0.6) is 0 Å². The molecule has 9 nitrogen and oxygen atoms in total. The van der Waals surface area contributed by atoms with Crippen molar-refractivity contribution in [1.82, 2.24) is 10.3 Å². The van der Waals surface area contributed by atoms with Gasteiger partial charge in [0.25, 0.3) is 5.91 Å². The molecule has 0 radical (unpaired) electrons. The zero-order valence-electron chi connectivity index (χ0n) is 23.4. The lowest BCUT2D eigenvalue weighted by atomic mass is 9.91. The fraction of sp³-hybridized carbons (Fsp3) is 0.312. The van der Waals surface area contributed by atoms with E-state index in [1.54, 1.807) is 42.5 Å². The molecule has 12 heteroatoms. The third kappa shape index (κ3) is 6.55. The summed E-state index contributed by atoms with van der Waals surface area (Å²) in [6, 6.07) is 17.4. The lowest BCUT2D eigenvalue weighted by Crippen LogP contribution is -2.53. The van der Waals surface area contributed by atoms with Gasteiger partial charge in [0.05, 0.1) is 23.3 Å². The molecule has 1 aromatic heterocycles. The number of rotatable bonds is 7. The van der Waals surface area contributed by atoms with E-state index in [4.69, 9.17) is 0 Å². The van der Waals surface area contributed by atoms with E-state index in [9.17, 15) is 33.7 Å². The van der Waals surface area contributed by atoms with Crippen molar-refractivity contribution in [2.45, 2.75) is 62.6 Å². The molecule has 3 amide bonds. The molecule has 44 heavy (non-hydrogen) atoms. The van der Waals surface area contributed by atoms with E-state index in [-0.39, 0.29) is 67.1 Å². The Kier molecular flexibility index (Phi) is 9.20. The summed E-state index contributed by atoms with van der Waals surface area (Å²) in [4.78, 5) is 48.9. The van der Waals surface area contributed by atoms with Gasteiger partial charge in [0.2, 0.25) is 17.7 Å². The average molecular weight is 709 g/mol. The van der Waals surface area contributed by atoms with Gasteiger partial charge >= 0.3 is 0 Å². The molecule has 0 bridgehead atoms. The number of aromatic nitrogens is 1. The summed E-state index contributed by atoms with van der Waals surface area (Å²) in [6.45, 7) is 0. The molecule has 1 saturated carbocycles. The van der Waals surface area contributed by atoms with Crippen molar-refractivity contribution in [3.8, 4) is 12.1 Å². The Bertz CT molecular complexity index is 1680. The zero-order chi connectivity index (χ0) is 31.4. The maximum atomic E-state index is 14.7. The van der Waals surface area contributed by atoms with Crippen LogP contribution in [-0.4, -0.2) is 40.7 Å². The van der Waals surface area contributed by atoms with E-state index in [1.807, 2.05) is 6.07 Å². The Morgan fingerprint density at radius 2 is 1.73 bits per heavy atom. The second-order valence-corrected chi connectivity index (χ2v) is 11.9. The molecule has 2 heterocycles. The van der Waals surface area contributed by atoms with Gasteiger partial charge in [0.1, 0.15) is 17.9 Å². The van der Waals surface area contributed by atoms with E-state index >= 15 is 0 Å². The van der Waals surface area contributed by atoms with Crippen molar-refractivity contribution < 1.29 is 23.2 Å². The van der Waals surface area contributed by atoms with Crippen LogP contribution in [0.4, 0.5) is 20.3 Å². The first kappa shape index (κ1) is 31.0. The average Bonchev–Trinajstić information content (AvgIpc) is 3.42. The minimum atomic E-state index is -2.79. The minimum absolute atomic E-state index is 0.0387. The van der Waals surface area contributed by atoms with Gasteiger partial charge in [-0.1, -0.05) is 24.3 Å². The number of halogens is 3. The van der Waals surface area contributed by atoms with E-state index in [0.29, 0.717) is 9.13 Å². The van der Waals surface area contributed by atoms with Crippen molar-refractivity contribution in [3.05, 3.63) is 87.1 Å². The lowest BCUT2D eigenvalue weighted by Gasteiger charge is -2.37. The van der Waals surface area contributed by atoms with Gasteiger partial charge in [-0.25, -0.2) is 13.8 Å². The quantitative estimate of drug-likeness (QED) is 0.328. The fourth-order valence-corrected chi connectivity index (χ4v) is 6.36. The summed E-state index contributed by atoms with van der Waals surface area (Å²) in [5.74, 6) is -4.18. The molecule has 2 aliphatic rings. The number of hydrogen-bond donors (Lipinski definition) is 1. The van der Waals surface area contributed by atoms with Crippen molar-refractivity contribution >= 4 is 51.8 Å². The first-order valence-electron chi connectivity index (χ1n) is 14.1. The van der Waals surface area contributed by atoms with Gasteiger partial charge in [-0.05, 0) is 83.8 Å². The number of amides is 3. The summed E-state index contributed by atoms with van der Waals surface area (Å²) in [5, 5.41) is 22.0. The molecule has 1 saturated heterocycles. The summed E-state index contributed by atoms with van der Waals surface area (Å²) in [5.41, 5.74) is 1.25. The van der Waals surface area contributed by atoms with Crippen LogP contribution in [0, 0.1) is 26.2 Å². The molecule has 224 valence electrons. The molecular formula is C32H27F2IN6O3. The van der Waals surface area contributed by atoms with Crippen LogP contribution in [-0.2, 0) is 14.4 Å². The number of carbonyl (C=O) groups excluding carboxylic acids is 3. The molecule has 2 atom stereocenters. The maximum absolute atomic E-state index is 14.7. The highest BCUT2D eigenvalue weighted by Gasteiger charge is 2.45. The maximum Gasteiger partial charge on any atom is 0.251 e. The Labute approximate surface area is 266 Å². The molecule has 0 spiro atoms. The Balaban J connectivity index is 1.61. The van der Waals surface area contributed by atoms with E-state index < -0.39 is 35.9 Å². The number of hydrogen-bond acceptors (Lipinski definition) is 6. The van der Waals surface area contributed by atoms with Gasteiger partial charge in [-0.15, -0.1) is 0 Å². The van der Waals surface area contributed by atoms with Crippen molar-refractivity contribution in [2.24, 2.45) is 0 Å². The lowest BCUT2D eigenvalue weighted by molar-refractivity contribution is -0.128. The number of anilines is 2. The van der Waals surface area contributed by atoms with Gasteiger partial charge in [-0.3, -0.25) is 24.2 Å². The fourth-order valence-electron chi connectivity index (χ4n) is 5.67. The smallest absolute Gasteiger partial charge is 0.251 e. The van der Waals surface area contributed by atoms with Crippen LogP contribution in [0.1, 0.15) is 61.3 Å². The summed E-state index contributed by atoms with van der Waals surface area (Å²) in [7, 11) is 0. The number of pyridine rings is 1. The molecule has 0 unspecified atom stereocenters. The second kappa shape index (κ2) is 13.1. The van der Waals surface area contributed by atoms with E-state index in [0.717, 1.165) is 0 Å². The monoisotopic (exact) mass is 708 g/mol. The molecule has 3 aromatic rings. The molecule has 1 N–H and O–H groups in total. The minimum Gasteiger partial charge on any atom is -0.351 e. The number of alkyl halides is 2. The highest BCUT2D eigenvalue weighted by atomic mass is 127. The number of benzene rings is 2. The van der Waals surface area contributed by atoms with Crippen molar-refractivity contribution in [3.63, 3.8) is 0 Å². The molecule has 5 rings (SSSR count). The Morgan fingerprint density at radius 3 is 2.43 bits per heavy atom. The van der Waals surface area contributed by atoms with E-state index in [2.05, 4.69) is 39.0 Å². The molecule has 2 fully saturated rings. The standard InChI is InChI=1S/C32H27F2IN6O3/c33-32(34)13-10-22(11-14-32)39-30(43)29(24-6-1-2-7-25(24)35)40(23-5-3-4-20(16-23)18-36)31(44)26-8-9-28(42)41(26)27-17-21(19-37)12-15-38-27/h1-7,12,15-17,22,26,29H,8-11,13-14H2,(H,39,43)/t26-,29-/m0/s1. The van der Waals surface area contributed by atoms with Crippen LogP contribution in [0.2, 0.25) is 0 Å². The van der Waals surface area contributed by atoms with Gasteiger partial charge < -0.3 is 5.32 Å². The van der Waals surface area contributed by atoms with E-state index in [1.165, 1.54) is 34.2 Å². The summed E-state index contributed by atoms with van der Waals surface area (Å²) >= 11 is 2.07. The highest BCUT2D eigenvalue weighted by molar-refractivity contribution is 14.1. The van der Waals surface area contributed by atoms with Crippen molar-refractivity contribution in [2.75, 3.05) is 9.80 Å². The van der Waals surface area contributed by atoms with Crippen LogP contribution >= 0.6 is 22.6 Å². The topological polar surface area (TPSA) is 130 Å². The highest BCUT2D eigenvalue weighted by Crippen LogP contribution is 2.37. The molecular weight excluding hydrogens is 681 g/mol. The number of nitrogens with one attached hydrogen (secondary N) is 1. The predicted octanol–water partition coefficient (Wildman–Crippen LogP) is 5.39. The molecule has 2 aromatic carbocycles. The molecule has 1 aliphatic carbocycles. The largest absolute Gasteiger partial charge is 0.351 e. The van der Waals surface area contributed by atoms with Crippen LogP contribution in [0.3, 0.4) is 0 Å². The van der Waals surface area contributed by atoms with Gasteiger partial charge in [0, 0.05) is 40.8 Å². The Hall–Kier alpha value is -4.43. The van der Waals surface area contributed by atoms with Crippen LogP contribution in [0.15, 0.2) is 66.9 Å². The van der Waals surface area contributed by atoms with Crippen LogP contribution in [0.25, 0.3) is 0 Å². The van der Waals surface area contributed by atoms with Gasteiger partial charge in [-0.2, -0.15) is 10.5 Å². The first-order valence-corrected chi connectivity index (χ1v) is 15.1. The number of carbonyl (C=O) groups is 3. The van der Waals surface area contributed by atoms with Gasteiger partial charge in [0.15, 0.2) is 0 Å². The molecule has 1 aliphatic heterocycles. The summed E-state index contributed by atoms with van der Waals surface area (Å²) in [6.07, 6.45) is 1.01. The Morgan fingerprint density at radius 1 is 1.02 bits per heavy atom. The SMILES string of the molecule is N#Cc1cccc(N(C(=O)[C@@H]2CCC(=O)N2c2cc(C#N)ccn2)[C@H](C(=O)NC2CCC(F)(F)CC2)c2ccccc2I)c1. The first-order chi connectivity index (χ1) is 21.1. The third-order valence-electron chi connectivity index (χ3n) is 7.88. The number of nitrogens with zero attached hydrogens (tertiary/aromatic N) is 5. The third-order valence-corrected chi connectivity index (χ3v) is 8.86. The number of nitriles is 2. The predicted molar refractivity (Wildman–Crippen MR) is 165 cm³/mol. The second-order valence-electron chi connectivity index (χ2n) is 10.8. The van der Waals surface area contributed by atoms with Crippen molar-refractivity contribution in [1.29, 1.82) is 10.5 Å². The summed E-state index contributed by atoms with van der Waals surface area (Å²) < 4.78 is 28.5. The van der Waals surface area contributed by atoms with Crippen LogP contribution < -0.4 is 15.1 Å². The zero-order valence-corrected chi connectivity index (χ0v) is 25.6. The normalized spacial score (nSPS) is 18.6.